The van der Waals surface area contributed by atoms with Gasteiger partial charge in [0.05, 0.1) is 25.7 Å². The van der Waals surface area contributed by atoms with Crippen LogP contribution < -0.4 is 10.2 Å². The minimum absolute atomic E-state index is 0.0318. The Balaban J connectivity index is 1.39. The lowest BCUT2D eigenvalue weighted by Crippen LogP contribution is -2.36. The topological polar surface area (TPSA) is 95.2 Å². The van der Waals surface area contributed by atoms with Gasteiger partial charge in [-0.1, -0.05) is 19.3 Å². The number of amides is 1. The SMILES string of the molecule is Cc1c(C(Nc2ccc(C(=O)N(C)CCC(=O)O)cc2)C2CCCCC2)oc2ccc(N3CCOCC3)cc12. The molecule has 0 spiro atoms. The molecule has 8 nitrogen and oxygen atoms in total. The van der Waals surface area contributed by atoms with Gasteiger partial charge in [0.1, 0.15) is 11.3 Å². The second kappa shape index (κ2) is 12.1. The van der Waals surface area contributed by atoms with Crippen molar-refractivity contribution in [2.24, 2.45) is 5.92 Å². The van der Waals surface area contributed by atoms with E-state index in [2.05, 4.69) is 35.3 Å². The van der Waals surface area contributed by atoms with Gasteiger partial charge in [0, 0.05) is 54.6 Å². The van der Waals surface area contributed by atoms with Gasteiger partial charge in [0.2, 0.25) is 0 Å². The molecule has 8 heteroatoms. The molecule has 1 saturated heterocycles. The first-order valence-corrected chi connectivity index (χ1v) is 14.1. The maximum Gasteiger partial charge on any atom is 0.305 e. The zero-order valence-corrected chi connectivity index (χ0v) is 22.9. The molecule has 1 atom stereocenters. The Morgan fingerprint density at radius 3 is 2.49 bits per heavy atom. The van der Waals surface area contributed by atoms with Crippen molar-refractivity contribution in [3.8, 4) is 0 Å². The highest BCUT2D eigenvalue weighted by molar-refractivity contribution is 5.94. The number of ether oxygens (including phenoxy) is 1. The third-order valence-corrected chi connectivity index (χ3v) is 8.20. The number of morpholine rings is 1. The van der Waals surface area contributed by atoms with E-state index < -0.39 is 5.97 Å². The van der Waals surface area contributed by atoms with Crippen molar-refractivity contribution in [1.82, 2.24) is 4.90 Å². The van der Waals surface area contributed by atoms with E-state index in [9.17, 15) is 9.59 Å². The number of fused-ring (bicyclic) bond motifs is 1. The fourth-order valence-corrected chi connectivity index (χ4v) is 5.88. The maximum absolute atomic E-state index is 12.7. The zero-order valence-electron chi connectivity index (χ0n) is 22.9. The molecule has 208 valence electrons. The fourth-order valence-electron chi connectivity index (χ4n) is 5.88. The molecule has 5 rings (SSSR count). The molecule has 2 N–H and O–H groups in total. The molecular formula is C31H39N3O5. The van der Waals surface area contributed by atoms with Crippen molar-refractivity contribution in [2.45, 2.75) is 51.5 Å². The van der Waals surface area contributed by atoms with Crippen LogP contribution in [0, 0.1) is 12.8 Å². The third kappa shape index (κ3) is 6.22. The number of anilines is 2. The first-order chi connectivity index (χ1) is 18.9. The highest BCUT2D eigenvalue weighted by Crippen LogP contribution is 2.41. The molecule has 0 radical (unpaired) electrons. The second-order valence-electron chi connectivity index (χ2n) is 10.8. The van der Waals surface area contributed by atoms with Gasteiger partial charge in [-0.25, -0.2) is 0 Å². The van der Waals surface area contributed by atoms with E-state index in [1.165, 1.54) is 35.4 Å². The van der Waals surface area contributed by atoms with Crippen molar-refractivity contribution >= 4 is 34.2 Å². The summed E-state index contributed by atoms with van der Waals surface area (Å²) in [6, 6.07) is 14.0. The van der Waals surface area contributed by atoms with Crippen LogP contribution in [0.4, 0.5) is 11.4 Å². The van der Waals surface area contributed by atoms with Gasteiger partial charge in [-0.3, -0.25) is 9.59 Å². The number of carbonyl (C=O) groups excluding carboxylic acids is 1. The molecular weight excluding hydrogens is 494 g/mol. The summed E-state index contributed by atoms with van der Waals surface area (Å²) in [5.41, 5.74) is 4.77. The molecule has 0 bridgehead atoms. The highest BCUT2D eigenvalue weighted by atomic mass is 16.5. The average Bonchev–Trinajstić information content (AvgIpc) is 3.30. The summed E-state index contributed by atoms with van der Waals surface area (Å²) in [5, 5.41) is 13.8. The zero-order chi connectivity index (χ0) is 27.4. The number of aliphatic carboxylic acids is 1. The van der Waals surface area contributed by atoms with Crippen LogP contribution in [0.3, 0.4) is 0 Å². The van der Waals surface area contributed by atoms with Crippen LogP contribution in [0.1, 0.15) is 66.2 Å². The Labute approximate surface area is 229 Å². The number of hydrogen-bond donors (Lipinski definition) is 2. The van der Waals surface area contributed by atoms with Crippen molar-refractivity contribution < 1.29 is 23.8 Å². The van der Waals surface area contributed by atoms with E-state index in [0.29, 0.717) is 11.5 Å². The van der Waals surface area contributed by atoms with Gasteiger partial charge in [-0.05, 0) is 68.1 Å². The first kappa shape index (κ1) is 27.1. The number of carbonyl (C=O) groups is 2. The predicted octanol–water partition coefficient (Wildman–Crippen LogP) is 5.86. The molecule has 1 aliphatic heterocycles. The summed E-state index contributed by atoms with van der Waals surface area (Å²) in [6.07, 6.45) is 5.95. The highest BCUT2D eigenvalue weighted by Gasteiger charge is 2.30. The quantitative estimate of drug-likeness (QED) is 0.356. The van der Waals surface area contributed by atoms with Crippen LogP contribution in [-0.2, 0) is 9.53 Å². The monoisotopic (exact) mass is 533 g/mol. The normalized spacial score (nSPS) is 17.2. The minimum atomic E-state index is -0.916. The Morgan fingerprint density at radius 1 is 1.08 bits per heavy atom. The van der Waals surface area contributed by atoms with Crippen LogP contribution in [0.5, 0.6) is 0 Å². The molecule has 2 aromatic carbocycles. The molecule has 2 fully saturated rings. The molecule has 3 aromatic rings. The lowest BCUT2D eigenvalue weighted by molar-refractivity contribution is -0.137. The summed E-state index contributed by atoms with van der Waals surface area (Å²) in [6.45, 7) is 5.65. The molecule has 1 aliphatic carbocycles. The summed E-state index contributed by atoms with van der Waals surface area (Å²) >= 11 is 0. The van der Waals surface area contributed by atoms with E-state index in [0.717, 1.165) is 61.6 Å². The molecule has 1 amide bonds. The van der Waals surface area contributed by atoms with E-state index in [1.54, 1.807) is 19.2 Å². The van der Waals surface area contributed by atoms with E-state index in [-0.39, 0.29) is 24.9 Å². The van der Waals surface area contributed by atoms with Gasteiger partial charge in [-0.2, -0.15) is 0 Å². The Kier molecular flexibility index (Phi) is 8.41. The lowest BCUT2D eigenvalue weighted by Gasteiger charge is -2.31. The fraction of sp³-hybridized carbons (Fsp3) is 0.484. The number of carboxylic acids is 1. The number of carboxylic acid groups (broad SMARTS) is 1. The van der Waals surface area contributed by atoms with Crippen molar-refractivity contribution in [3.63, 3.8) is 0 Å². The number of hydrogen-bond acceptors (Lipinski definition) is 6. The Bertz CT molecular complexity index is 1290. The first-order valence-electron chi connectivity index (χ1n) is 14.1. The summed E-state index contributed by atoms with van der Waals surface area (Å²) in [5.74, 6) is 0.349. The van der Waals surface area contributed by atoms with Crippen LogP contribution in [0.25, 0.3) is 11.0 Å². The standard InChI is InChI=1S/C31H39N3O5/c1-21-26-20-25(34-16-18-38-19-17-34)12-13-27(26)39-30(21)29(22-6-4-3-5-7-22)32-24-10-8-23(9-11-24)31(37)33(2)15-14-28(35)36/h8-13,20,22,29,32H,3-7,14-19H2,1-2H3,(H,35,36). The van der Waals surface area contributed by atoms with Gasteiger partial charge < -0.3 is 29.4 Å². The van der Waals surface area contributed by atoms with Crippen molar-refractivity contribution in [1.29, 1.82) is 0 Å². The summed E-state index contributed by atoms with van der Waals surface area (Å²) in [4.78, 5) is 27.4. The van der Waals surface area contributed by atoms with Gasteiger partial charge >= 0.3 is 5.97 Å². The predicted molar refractivity (Wildman–Crippen MR) is 153 cm³/mol. The number of aryl methyl sites for hydroxylation is 1. The second-order valence-corrected chi connectivity index (χ2v) is 10.8. The molecule has 39 heavy (non-hydrogen) atoms. The summed E-state index contributed by atoms with van der Waals surface area (Å²) < 4.78 is 12.1. The maximum atomic E-state index is 12.7. The third-order valence-electron chi connectivity index (χ3n) is 8.20. The van der Waals surface area contributed by atoms with Crippen LogP contribution >= 0.6 is 0 Å². The van der Waals surface area contributed by atoms with E-state index in [1.807, 2.05) is 12.1 Å². The van der Waals surface area contributed by atoms with Crippen molar-refractivity contribution in [3.05, 3.63) is 59.4 Å². The number of benzene rings is 2. The smallest absolute Gasteiger partial charge is 0.305 e. The van der Waals surface area contributed by atoms with Gasteiger partial charge in [0.25, 0.3) is 5.91 Å². The van der Waals surface area contributed by atoms with Gasteiger partial charge in [-0.15, -0.1) is 0 Å². The van der Waals surface area contributed by atoms with Crippen LogP contribution in [-0.4, -0.2) is 61.8 Å². The van der Waals surface area contributed by atoms with E-state index >= 15 is 0 Å². The van der Waals surface area contributed by atoms with Crippen LogP contribution in [0.15, 0.2) is 46.9 Å². The molecule has 2 aliphatic rings. The molecule has 2 heterocycles. The average molecular weight is 534 g/mol. The number of nitrogens with zero attached hydrogens (tertiary/aromatic N) is 2. The Morgan fingerprint density at radius 2 is 1.79 bits per heavy atom. The minimum Gasteiger partial charge on any atom is -0.481 e. The van der Waals surface area contributed by atoms with Crippen LogP contribution in [0.2, 0.25) is 0 Å². The molecule has 1 aromatic heterocycles. The largest absolute Gasteiger partial charge is 0.481 e. The number of rotatable bonds is 9. The number of furan rings is 1. The lowest BCUT2D eigenvalue weighted by atomic mass is 9.82. The summed E-state index contributed by atoms with van der Waals surface area (Å²) in [7, 11) is 1.63. The van der Waals surface area contributed by atoms with Gasteiger partial charge in [0.15, 0.2) is 0 Å². The number of nitrogens with one attached hydrogen (secondary N) is 1. The molecule has 1 unspecified atom stereocenters. The Hall–Kier alpha value is -3.52. The van der Waals surface area contributed by atoms with E-state index in [4.69, 9.17) is 14.3 Å². The van der Waals surface area contributed by atoms with Crippen molar-refractivity contribution in [2.75, 3.05) is 50.1 Å². The molecule has 1 saturated carbocycles.